The van der Waals surface area contributed by atoms with Crippen LogP contribution in [0.5, 0.6) is 0 Å². The predicted molar refractivity (Wildman–Crippen MR) is 79.5 cm³/mol. The molecule has 106 valence electrons. The molecule has 2 amide bonds. The summed E-state index contributed by atoms with van der Waals surface area (Å²) in [5.74, 6) is -0.0871. The number of hydrogen-bond donors (Lipinski definition) is 4. The number of imidazole rings is 1. The Morgan fingerprint density at radius 1 is 1.14 bits per heavy atom. The summed E-state index contributed by atoms with van der Waals surface area (Å²) in [5.41, 5.74) is 7.92. The van der Waals surface area contributed by atoms with E-state index in [-0.39, 0.29) is 11.8 Å². The van der Waals surface area contributed by atoms with Crippen LogP contribution in [0.25, 0.3) is 11.0 Å². The lowest BCUT2D eigenvalue weighted by Crippen LogP contribution is -2.19. The third kappa shape index (κ3) is 2.76. The summed E-state index contributed by atoms with van der Waals surface area (Å²) in [7, 11) is 0. The molecule has 1 aromatic heterocycles. The first-order chi connectivity index (χ1) is 10.1. The number of aromatic amines is 1. The average molecular weight is 285 g/mol. The minimum Gasteiger partial charge on any atom is -0.369 e. The van der Waals surface area contributed by atoms with Crippen molar-refractivity contribution in [3.8, 4) is 0 Å². The molecule has 21 heavy (non-hydrogen) atoms. The summed E-state index contributed by atoms with van der Waals surface area (Å²) < 4.78 is 12.8. The molecule has 5 N–H and O–H groups in total. The van der Waals surface area contributed by atoms with Crippen molar-refractivity contribution in [1.29, 1.82) is 0 Å². The molecule has 3 aromatic rings. The number of rotatable bonds is 2. The standard InChI is InChI=1S/C14H12FN5O/c15-8-4-6-9(7-5-8)17-14(21)19-11-3-1-2-10-12(11)20-13(16)18-10/h1-7H,(H3,16,18,20)(H2,17,19,21). The fourth-order valence-corrected chi connectivity index (χ4v) is 1.97. The number of anilines is 3. The average Bonchev–Trinajstić information content (AvgIpc) is 2.83. The molecule has 0 aliphatic heterocycles. The van der Waals surface area contributed by atoms with Gasteiger partial charge in [-0.2, -0.15) is 0 Å². The first-order valence-corrected chi connectivity index (χ1v) is 6.19. The number of carbonyl (C=O) groups excluding carboxylic acids is 1. The summed E-state index contributed by atoms with van der Waals surface area (Å²) in [4.78, 5) is 18.9. The van der Waals surface area contributed by atoms with Crippen molar-refractivity contribution >= 4 is 34.4 Å². The van der Waals surface area contributed by atoms with Gasteiger partial charge in [-0.15, -0.1) is 0 Å². The summed E-state index contributed by atoms with van der Waals surface area (Å²) >= 11 is 0. The number of para-hydroxylation sites is 1. The van der Waals surface area contributed by atoms with Crippen molar-refractivity contribution in [3.05, 3.63) is 48.3 Å². The Morgan fingerprint density at radius 3 is 2.67 bits per heavy atom. The molecule has 7 heteroatoms. The molecule has 0 unspecified atom stereocenters. The first-order valence-electron chi connectivity index (χ1n) is 6.19. The molecule has 3 rings (SSSR count). The van der Waals surface area contributed by atoms with E-state index in [0.29, 0.717) is 16.9 Å². The SMILES string of the molecule is Nc1nc2c(NC(=O)Nc3ccc(F)cc3)cccc2[nH]1. The van der Waals surface area contributed by atoms with E-state index >= 15 is 0 Å². The van der Waals surface area contributed by atoms with E-state index in [9.17, 15) is 9.18 Å². The van der Waals surface area contributed by atoms with Gasteiger partial charge >= 0.3 is 6.03 Å². The third-order valence-electron chi connectivity index (χ3n) is 2.88. The Kier molecular flexibility index (Phi) is 3.15. The Labute approximate surface area is 119 Å². The second-order valence-electron chi connectivity index (χ2n) is 4.41. The van der Waals surface area contributed by atoms with Crippen molar-refractivity contribution in [1.82, 2.24) is 9.97 Å². The van der Waals surface area contributed by atoms with E-state index in [1.165, 1.54) is 24.3 Å². The number of H-pyrrole nitrogens is 1. The summed E-state index contributed by atoms with van der Waals surface area (Å²) in [6.45, 7) is 0. The molecule has 0 spiro atoms. The van der Waals surface area contributed by atoms with Crippen LogP contribution in [0, 0.1) is 5.82 Å². The van der Waals surface area contributed by atoms with E-state index < -0.39 is 6.03 Å². The normalized spacial score (nSPS) is 10.5. The van der Waals surface area contributed by atoms with Crippen LogP contribution >= 0.6 is 0 Å². The number of nitrogens with two attached hydrogens (primary N) is 1. The second-order valence-corrected chi connectivity index (χ2v) is 4.41. The number of hydrogen-bond acceptors (Lipinski definition) is 3. The lowest BCUT2D eigenvalue weighted by Gasteiger charge is -2.08. The first kappa shape index (κ1) is 12.9. The van der Waals surface area contributed by atoms with Crippen molar-refractivity contribution in [2.24, 2.45) is 0 Å². The highest BCUT2D eigenvalue weighted by Crippen LogP contribution is 2.22. The number of nitrogen functional groups attached to an aromatic ring is 1. The van der Waals surface area contributed by atoms with Crippen LogP contribution in [-0.2, 0) is 0 Å². The minimum atomic E-state index is -0.448. The highest BCUT2D eigenvalue weighted by atomic mass is 19.1. The smallest absolute Gasteiger partial charge is 0.323 e. The topological polar surface area (TPSA) is 95.8 Å². The molecule has 0 radical (unpaired) electrons. The number of fused-ring (bicyclic) bond motifs is 1. The van der Waals surface area contributed by atoms with Crippen LogP contribution in [0.4, 0.5) is 26.5 Å². The number of aromatic nitrogens is 2. The van der Waals surface area contributed by atoms with E-state index in [0.717, 1.165) is 5.52 Å². The number of nitrogens with one attached hydrogen (secondary N) is 3. The molecule has 0 bridgehead atoms. The number of amides is 2. The number of halogens is 1. The molecule has 0 atom stereocenters. The van der Waals surface area contributed by atoms with Crippen molar-refractivity contribution in [2.45, 2.75) is 0 Å². The van der Waals surface area contributed by atoms with Crippen LogP contribution in [0.15, 0.2) is 42.5 Å². The van der Waals surface area contributed by atoms with Gasteiger partial charge in [-0.1, -0.05) is 6.07 Å². The highest BCUT2D eigenvalue weighted by molar-refractivity contribution is 6.04. The van der Waals surface area contributed by atoms with Gasteiger partial charge in [-0.25, -0.2) is 14.2 Å². The maximum Gasteiger partial charge on any atom is 0.323 e. The maximum absolute atomic E-state index is 12.8. The van der Waals surface area contributed by atoms with Gasteiger partial charge in [0.05, 0.1) is 11.2 Å². The van der Waals surface area contributed by atoms with Crippen LogP contribution < -0.4 is 16.4 Å². The molecular weight excluding hydrogens is 273 g/mol. The molecule has 2 aromatic carbocycles. The fourth-order valence-electron chi connectivity index (χ4n) is 1.97. The van der Waals surface area contributed by atoms with Crippen molar-refractivity contribution in [2.75, 3.05) is 16.4 Å². The predicted octanol–water partition coefficient (Wildman–Crippen LogP) is 2.93. The zero-order valence-electron chi connectivity index (χ0n) is 10.9. The van der Waals surface area contributed by atoms with Gasteiger partial charge in [-0.05, 0) is 36.4 Å². The largest absolute Gasteiger partial charge is 0.369 e. The summed E-state index contributed by atoms with van der Waals surface area (Å²) in [5, 5.41) is 5.28. The van der Waals surface area contributed by atoms with Gasteiger partial charge in [0.1, 0.15) is 11.3 Å². The fraction of sp³-hybridized carbons (Fsp3) is 0. The lowest BCUT2D eigenvalue weighted by atomic mass is 10.2. The zero-order chi connectivity index (χ0) is 14.8. The summed E-state index contributed by atoms with van der Waals surface area (Å²) in [6.07, 6.45) is 0. The van der Waals surface area contributed by atoms with E-state index in [1.54, 1.807) is 12.1 Å². The Balaban J connectivity index is 1.78. The van der Waals surface area contributed by atoms with Gasteiger partial charge in [0.15, 0.2) is 5.95 Å². The van der Waals surface area contributed by atoms with Gasteiger partial charge < -0.3 is 21.4 Å². The van der Waals surface area contributed by atoms with Crippen LogP contribution in [0.1, 0.15) is 0 Å². The van der Waals surface area contributed by atoms with Crippen molar-refractivity contribution in [3.63, 3.8) is 0 Å². The second kappa shape index (κ2) is 5.12. The van der Waals surface area contributed by atoms with Crippen LogP contribution in [0.2, 0.25) is 0 Å². The summed E-state index contributed by atoms with van der Waals surface area (Å²) in [6, 6.07) is 10.3. The zero-order valence-corrected chi connectivity index (χ0v) is 10.9. The minimum absolute atomic E-state index is 0.276. The molecule has 0 saturated carbocycles. The van der Waals surface area contributed by atoms with Gasteiger partial charge in [0, 0.05) is 5.69 Å². The highest BCUT2D eigenvalue weighted by Gasteiger charge is 2.09. The van der Waals surface area contributed by atoms with Crippen LogP contribution in [-0.4, -0.2) is 16.0 Å². The molecule has 6 nitrogen and oxygen atoms in total. The van der Waals surface area contributed by atoms with Crippen molar-refractivity contribution < 1.29 is 9.18 Å². The lowest BCUT2D eigenvalue weighted by molar-refractivity contribution is 0.262. The molecule has 0 aliphatic carbocycles. The number of carbonyl (C=O) groups is 1. The monoisotopic (exact) mass is 285 g/mol. The quantitative estimate of drug-likeness (QED) is 0.583. The Hall–Kier alpha value is -3.09. The number of nitrogens with zero attached hydrogens (tertiary/aromatic N) is 1. The molecule has 0 aliphatic rings. The Morgan fingerprint density at radius 2 is 1.90 bits per heavy atom. The van der Waals surface area contributed by atoms with Gasteiger partial charge in [0.25, 0.3) is 0 Å². The maximum atomic E-state index is 12.8. The van der Waals surface area contributed by atoms with Gasteiger partial charge in [0.2, 0.25) is 0 Å². The van der Waals surface area contributed by atoms with Crippen LogP contribution in [0.3, 0.4) is 0 Å². The van der Waals surface area contributed by atoms with E-state index in [4.69, 9.17) is 5.73 Å². The molecule has 0 saturated heterocycles. The molecule has 0 fully saturated rings. The van der Waals surface area contributed by atoms with Gasteiger partial charge in [-0.3, -0.25) is 0 Å². The Bertz CT molecular complexity index is 797. The van der Waals surface area contributed by atoms with E-state index in [2.05, 4.69) is 20.6 Å². The molecule has 1 heterocycles. The van der Waals surface area contributed by atoms with E-state index in [1.807, 2.05) is 6.07 Å². The number of benzene rings is 2. The molecular formula is C14H12FN5O. The number of urea groups is 1. The third-order valence-corrected chi connectivity index (χ3v) is 2.88.